The summed E-state index contributed by atoms with van der Waals surface area (Å²) in [5, 5.41) is 21.0. The van der Waals surface area contributed by atoms with Crippen LogP contribution in [0.3, 0.4) is 0 Å². The zero-order valence-electron chi connectivity index (χ0n) is 11.1. The number of benzene rings is 1. The number of amides is 1. The Labute approximate surface area is 119 Å². The number of hydrazine groups is 1. The summed E-state index contributed by atoms with van der Waals surface area (Å²) in [4.78, 5) is 22.3. The molecule has 1 heterocycles. The number of aryl methyl sites for hydroxylation is 1. The number of carbonyl (C=O) groups excluding carboxylic acids is 1. The topological polar surface area (TPSA) is 141 Å². The minimum Gasteiger partial charge on any atom is -0.345 e. The Morgan fingerprint density at radius 2 is 2.29 bits per heavy atom. The summed E-state index contributed by atoms with van der Waals surface area (Å²) >= 11 is 0. The van der Waals surface area contributed by atoms with Crippen LogP contribution < -0.4 is 16.6 Å². The maximum absolute atomic E-state index is 12.0. The van der Waals surface area contributed by atoms with Gasteiger partial charge in [0.1, 0.15) is 12.0 Å². The summed E-state index contributed by atoms with van der Waals surface area (Å²) in [6.45, 7) is 0.167. The summed E-state index contributed by atoms with van der Waals surface area (Å²) in [6, 6.07) is 3.96. The maximum atomic E-state index is 12.0. The molecule has 110 valence electrons. The number of carbonyl (C=O) groups is 1. The van der Waals surface area contributed by atoms with E-state index in [1.807, 2.05) is 0 Å². The van der Waals surface area contributed by atoms with Crippen LogP contribution in [0.5, 0.6) is 0 Å². The molecule has 1 aromatic carbocycles. The first-order valence-corrected chi connectivity index (χ1v) is 5.89. The minimum absolute atomic E-state index is 0.129. The molecule has 21 heavy (non-hydrogen) atoms. The van der Waals surface area contributed by atoms with E-state index in [0.29, 0.717) is 5.82 Å². The van der Waals surface area contributed by atoms with Crippen molar-refractivity contribution in [1.82, 2.24) is 20.1 Å². The molecule has 0 fully saturated rings. The molecule has 0 aliphatic rings. The number of nitrogens with zero attached hydrogens (tertiary/aromatic N) is 4. The van der Waals surface area contributed by atoms with Gasteiger partial charge in [0.25, 0.3) is 11.6 Å². The van der Waals surface area contributed by atoms with E-state index in [4.69, 9.17) is 5.84 Å². The number of rotatable bonds is 5. The van der Waals surface area contributed by atoms with Crippen molar-refractivity contribution in [3.8, 4) is 0 Å². The van der Waals surface area contributed by atoms with E-state index in [9.17, 15) is 14.9 Å². The normalized spacial score (nSPS) is 10.2. The summed E-state index contributed by atoms with van der Waals surface area (Å²) in [6.07, 6.45) is 1.51. The third-order valence-electron chi connectivity index (χ3n) is 2.82. The van der Waals surface area contributed by atoms with Crippen molar-refractivity contribution in [3.05, 3.63) is 46.0 Å². The van der Waals surface area contributed by atoms with Gasteiger partial charge in [-0.05, 0) is 12.1 Å². The largest absolute Gasteiger partial charge is 0.345 e. The second-order valence-corrected chi connectivity index (χ2v) is 4.17. The van der Waals surface area contributed by atoms with Crippen LogP contribution in [0.2, 0.25) is 0 Å². The predicted molar refractivity (Wildman–Crippen MR) is 73.1 cm³/mol. The van der Waals surface area contributed by atoms with Gasteiger partial charge in [0.15, 0.2) is 5.82 Å². The standard InChI is InChI=1S/C11H13N7O3/c1-17-6-14-16-10(17)5-13-11(19)7-2-3-8(15-12)9(4-7)18(20)21/h2-4,6,15H,5,12H2,1H3,(H,13,19). The molecule has 0 spiro atoms. The van der Waals surface area contributed by atoms with Gasteiger partial charge in [0.05, 0.1) is 11.5 Å². The zero-order chi connectivity index (χ0) is 15.4. The fraction of sp³-hybridized carbons (Fsp3) is 0.182. The van der Waals surface area contributed by atoms with Crippen LogP contribution in [0.15, 0.2) is 24.5 Å². The third-order valence-corrected chi connectivity index (χ3v) is 2.82. The minimum atomic E-state index is -0.616. The van der Waals surface area contributed by atoms with E-state index >= 15 is 0 Å². The van der Waals surface area contributed by atoms with Gasteiger partial charge in [0.2, 0.25) is 0 Å². The van der Waals surface area contributed by atoms with E-state index in [1.165, 1.54) is 18.5 Å². The lowest BCUT2D eigenvalue weighted by Crippen LogP contribution is -2.24. The van der Waals surface area contributed by atoms with Crippen LogP contribution in [0.4, 0.5) is 11.4 Å². The number of aromatic nitrogens is 3. The number of nitrogen functional groups attached to an aromatic ring is 1. The Balaban J connectivity index is 2.14. The lowest BCUT2D eigenvalue weighted by Gasteiger charge is -2.06. The number of hydrogen-bond donors (Lipinski definition) is 3. The second kappa shape index (κ2) is 5.96. The quantitative estimate of drug-likeness (QED) is 0.398. The fourth-order valence-electron chi connectivity index (χ4n) is 1.67. The average Bonchev–Trinajstić information content (AvgIpc) is 2.89. The highest BCUT2D eigenvalue weighted by Gasteiger charge is 2.17. The van der Waals surface area contributed by atoms with Gasteiger partial charge in [0, 0.05) is 18.7 Å². The summed E-state index contributed by atoms with van der Waals surface area (Å²) in [5.74, 6) is 5.29. The number of nitrogens with one attached hydrogen (secondary N) is 2. The number of nitrogens with two attached hydrogens (primary N) is 1. The molecule has 0 bridgehead atoms. The van der Waals surface area contributed by atoms with Crippen molar-refractivity contribution in [1.29, 1.82) is 0 Å². The molecule has 0 radical (unpaired) electrons. The van der Waals surface area contributed by atoms with Crippen molar-refractivity contribution in [2.75, 3.05) is 5.43 Å². The zero-order valence-corrected chi connectivity index (χ0v) is 11.1. The Morgan fingerprint density at radius 3 is 2.86 bits per heavy atom. The molecule has 2 aromatic rings. The van der Waals surface area contributed by atoms with Crippen molar-refractivity contribution in [2.24, 2.45) is 12.9 Å². The first-order chi connectivity index (χ1) is 10.0. The molecule has 4 N–H and O–H groups in total. The molecule has 10 nitrogen and oxygen atoms in total. The lowest BCUT2D eigenvalue weighted by molar-refractivity contribution is -0.384. The van der Waals surface area contributed by atoms with E-state index in [1.54, 1.807) is 11.6 Å². The Hall–Kier alpha value is -3.01. The number of nitro benzene ring substituents is 1. The molecular weight excluding hydrogens is 278 g/mol. The highest BCUT2D eigenvalue weighted by molar-refractivity contribution is 5.95. The molecule has 0 aliphatic heterocycles. The number of nitro groups is 1. The predicted octanol–water partition coefficient (Wildman–Crippen LogP) is -0.0611. The molecule has 0 aliphatic carbocycles. The lowest BCUT2D eigenvalue weighted by atomic mass is 10.1. The Morgan fingerprint density at radius 1 is 1.52 bits per heavy atom. The van der Waals surface area contributed by atoms with Crippen LogP contribution in [0, 0.1) is 10.1 Å². The van der Waals surface area contributed by atoms with E-state index in [0.717, 1.165) is 6.07 Å². The molecule has 0 saturated carbocycles. The van der Waals surface area contributed by atoms with Crippen molar-refractivity contribution in [3.63, 3.8) is 0 Å². The van der Waals surface area contributed by atoms with Crippen LogP contribution in [-0.2, 0) is 13.6 Å². The molecule has 1 aromatic heterocycles. The van der Waals surface area contributed by atoms with Crippen molar-refractivity contribution >= 4 is 17.3 Å². The Bertz CT molecular complexity index is 682. The summed E-state index contributed by atoms with van der Waals surface area (Å²) < 4.78 is 1.66. The van der Waals surface area contributed by atoms with E-state index in [2.05, 4.69) is 20.9 Å². The molecule has 0 atom stereocenters. The molecule has 0 unspecified atom stereocenters. The van der Waals surface area contributed by atoms with Gasteiger partial charge in [-0.2, -0.15) is 0 Å². The van der Waals surface area contributed by atoms with Gasteiger partial charge >= 0.3 is 0 Å². The Kier molecular flexibility index (Phi) is 4.09. The van der Waals surface area contributed by atoms with Gasteiger partial charge < -0.3 is 15.3 Å². The van der Waals surface area contributed by atoms with Crippen molar-refractivity contribution < 1.29 is 9.72 Å². The third kappa shape index (κ3) is 3.12. The van der Waals surface area contributed by atoms with Gasteiger partial charge in [-0.15, -0.1) is 10.2 Å². The van der Waals surface area contributed by atoms with Crippen molar-refractivity contribution in [2.45, 2.75) is 6.54 Å². The van der Waals surface area contributed by atoms with Gasteiger partial charge in [-0.1, -0.05) is 0 Å². The van der Waals surface area contributed by atoms with Crippen LogP contribution in [0.1, 0.15) is 16.2 Å². The number of anilines is 1. The molecule has 10 heteroatoms. The van der Waals surface area contributed by atoms with Crippen LogP contribution >= 0.6 is 0 Å². The second-order valence-electron chi connectivity index (χ2n) is 4.17. The smallest absolute Gasteiger partial charge is 0.294 e. The van der Waals surface area contributed by atoms with E-state index in [-0.39, 0.29) is 23.5 Å². The summed E-state index contributed by atoms with van der Waals surface area (Å²) in [7, 11) is 1.74. The highest BCUT2D eigenvalue weighted by Crippen LogP contribution is 2.24. The average molecular weight is 291 g/mol. The first kappa shape index (κ1) is 14.4. The molecular formula is C11H13N7O3. The summed E-state index contributed by atoms with van der Waals surface area (Å²) in [5.41, 5.74) is 2.22. The van der Waals surface area contributed by atoms with Gasteiger partial charge in [-0.25, -0.2) is 0 Å². The van der Waals surface area contributed by atoms with Crippen LogP contribution in [-0.4, -0.2) is 25.6 Å². The molecule has 1 amide bonds. The first-order valence-electron chi connectivity index (χ1n) is 5.89. The number of hydrogen-bond acceptors (Lipinski definition) is 7. The monoisotopic (exact) mass is 291 g/mol. The maximum Gasteiger partial charge on any atom is 0.294 e. The van der Waals surface area contributed by atoms with E-state index < -0.39 is 10.8 Å². The van der Waals surface area contributed by atoms with Gasteiger partial charge in [-0.3, -0.25) is 20.8 Å². The fourth-order valence-corrected chi connectivity index (χ4v) is 1.67. The van der Waals surface area contributed by atoms with Crippen LogP contribution in [0.25, 0.3) is 0 Å². The molecule has 2 rings (SSSR count). The highest BCUT2D eigenvalue weighted by atomic mass is 16.6. The molecule has 0 saturated heterocycles. The SMILES string of the molecule is Cn1cnnc1CNC(=O)c1ccc(NN)c([N+](=O)[O-])c1.